The number of methoxy groups -OCH3 is 1. The summed E-state index contributed by atoms with van der Waals surface area (Å²) in [5.74, 6) is 1.14. The molecular formula is C24H24FN5O. The maximum atomic E-state index is 13.2. The van der Waals surface area contributed by atoms with E-state index in [-0.39, 0.29) is 11.9 Å². The van der Waals surface area contributed by atoms with Gasteiger partial charge in [0.1, 0.15) is 17.4 Å². The molecule has 0 spiro atoms. The third kappa shape index (κ3) is 4.40. The molecule has 0 bridgehead atoms. The van der Waals surface area contributed by atoms with E-state index < -0.39 is 0 Å². The summed E-state index contributed by atoms with van der Waals surface area (Å²) in [5.41, 5.74) is 5.50. The number of hydrogen-bond acceptors (Lipinski definition) is 5. The van der Waals surface area contributed by atoms with E-state index in [9.17, 15) is 4.39 Å². The molecule has 1 N–H and O–H groups in total. The molecule has 0 saturated heterocycles. The number of hydrogen-bond donors (Lipinski definition) is 1. The molecule has 0 radical (unpaired) electrons. The predicted octanol–water partition coefficient (Wildman–Crippen LogP) is 5.27. The van der Waals surface area contributed by atoms with Gasteiger partial charge < -0.3 is 14.6 Å². The van der Waals surface area contributed by atoms with Crippen LogP contribution in [-0.4, -0.2) is 26.9 Å². The zero-order valence-electron chi connectivity index (χ0n) is 17.9. The summed E-state index contributed by atoms with van der Waals surface area (Å²) in [6.45, 7) is 5.94. The summed E-state index contributed by atoms with van der Waals surface area (Å²) in [6.07, 6.45) is 3.71. The van der Waals surface area contributed by atoms with Crippen molar-refractivity contribution in [2.75, 3.05) is 12.4 Å². The number of anilines is 1. The van der Waals surface area contributed by atoms with Gasteiger partial charge >= 0.3 is 0 Å². The summed E-state index contributed by atoms with van der Waals surface area (Å²) < 4.78 is 20.7. The van der Waals surface area contributed by atoms with Crippen LogP contribution in [0.4, 0.5) is 10.2 Å². The maximum absolute atomic E-state index is 13.2. The van der Waals surface area contributed by atoms with Crippen molar-refractivity contribution in [1.29, 1.82) is 0 Å². The van der Waals surface area contributed by atoms with Gasteiger partial charge in [-0.15, -0.1) is 10.2 Å². The fourth-order valence-corrected chi connectivity index (χ4v) is 3.49. The van der Waals surface area contributed by atoms with Gasteiger partial charge in [-0.2, -0.15) is 0 Å². The Balaban J connectivity index is 1.58. The second-order valence-corrected chi connectivity index (χ2v) is 7.49. The topological polar surface area (TPSA) is 64.9 Å². The summed E-state index contributed by atoms with van der Waals surface area (Å²) in [4.78, 5) is 4.28. The normalized spacial score (nSPS) is 11.9. The summed E-state index contributed by atoms with van der Waals surface area (Å²) in [6, 6.07) is 14.3. The lowest BCUT2D eigenvalue weighted by Gasteiger charge is -2.16. The number of benzene rings is 2. The molecule has 2 aromatic heterocycles. The van der Waals surface area contributed by atoms with Gasteiger partial charge in [0.2, 0.25) is 0 Å². The maximum Gasteiger partial charge on any atom is 0.149 e. The highest BCUT2D eigenvalue weighted by atomic mass is 19.1. The first-order valence-electron chi connectivity index (χ1n) is 10.0. The number of nitrogens with zero attached hydrogens (tertiary/aromatic N) is 4. The molecule has 2 aromatic carbocycles. The van der Waals surface area contributed by atoms with Gasteiger partial charge in [0.25, 0.3) is 0 Å². The largest absolute Gasteiger partial charge is 0.495 e. The molecule has 0 fully saturated rings. The fourth-order valence-electron chi connectivity index (χ4n) is 3.49. The van der Waals surface area contributed by atoms with Crippen molar-refractivity contribution in [2.45, 2.75) is 26.8 Å². The lowest BCUT2D eigenvalue weighted by molar-refractivity contribution is 0.413. The summed E-state index contributed by atoms with van der Waals surface area (Å²) in [5, 5.41) is 12.1. The van der Waals surface area contributed by atoms with Crippen LogP contribution in [-0.2, 0) is 0 Å². The Morgan fingerprint density at radius 3 is 2.45 bits per heavy atom. The zero-order chi connectivity index (χ0) is 22.0. The second-order valence-electron chi connectivity index (χ2n) is 7.49. The molecule has 0 unspecified atom stereocenters. The van der Waals surface area contributed by atoms with Crippen LogP contribution in [0.25, 0.3) is 16.9 Å². The third-order valence-corrected chi connectivity index (χ3v) is 5.16. The molecule has 158 valence electrons. The first-order valence-corrected chi connectivity index (χ1v) is 10.0. The minimum absolute atomic E-state index is 0.0295. The molecular weight excluding hydrogens is 393 g/mol. The Kier molecular flexibility index (Phi) is 5.66. The summed E-state index contributed by atoms with van der Waals surface area (Å²) >= 11 is 0. The molecule has 31 heavy (non-hydrogen) atoms. The highest BCUT2D eigenvalue weighted by molar-refractivity contribution is 5.68. The first-order chi connectivity index (χ1) is 14.9. The summed E-state index contributed by atoms with van der Waals surface area (Å²) in [7, 11) is 1.65. The molecule has 0 saturated carbocycles. The number of halogens is 1. The molecule has 4 aromatic rings. The fraction of sp³-hybridized carbons (Fsp3) is 0.208. The van der Waals surface area contributed by atoms with E-state index in [0.717, 1.165) is 39.5 Å². The van der Waals surface area contributed by atoms with Crippen LogP contribution in [0.15, 0.2) is 61.1 Å². The molecule has 0 aliphatic carbocycles. The highest BCUT2D eigenvalue weighted by Crippen LogP contribution is 2.31. The number of imidazole rings is 1. The van der Waals surface area contributed by atoms with Crippen molar-refractivity contribution in [1.82, 2.24) is 19.7 Å². The second kappa shape index (κ2) is 8.55. The number of aromatic nitrogens is 4. The van der Waals surface area contributed by atoms with Gasteiger partial charge in [-0.1, -0.05) is 18.2 Å². The van der Waals surface area contributed by atoms with Gasteiger partial charge in [-0.25, -0.2) is 9.37 Å². The predicted molar refractivity (Wildman–Crippen MR) is 119 cm³/mol. The van der Waals surface area contributed by atoms with Crippen LogP contribution in [0.2, 0.25) is 0 Å². The highest BCUT2D eigenvalue weighted by Gasteiger charge is 2.13. The molecule has 4 rings (SSSR count). The smallest absolute Gasteiger partial charge is 0.149 e. The molecule has 6 nitrogen and oxygen atoms in total. The minimum Gasteiger partial charge on any atom is -0.495 e. The molecule has 0 amide bonds. The van der Waals surface area contributed by atoms with Crippen LogP contribution in [0.1, 0.15) is 29.8 Å². The molecule has 1 atom stereocenters. The Morgan fingerprint density at radius 2 is 1.81 bits per heavy atom. The lowest BCUT2D eigenvalue weighted by Crippen LogP contribution is -2.09. The van der Waals surface area contributed by atoms with E-state index in [1.165, 1.54) is 12.1 Å². The van der Waals surface area contributed by atoms with Crippen molar-refractivity contribution >= 4 is 5.82 Å². The van der Waals surface area contributed by atoms with Crippen LogP contribution < -0.4 is 10.1 Å². The van der Waals surface area contributed by atoms with Gasteiger partial charge in [-0.3, -0.25) is 0 Å². The lowest BCUT2D eigenvalue weighted by atomic mass is 10.1. The third-order valence-electron chi connectivity index (χ3n) is 5.16. The standard InChI is InChI=1S/C24H24FN5O/c1-15-11-23(27-17(3)18-5-8-20(25)9-6-18)28-29-24(15)19-7-10-21(22(12-19)31-4)30-13-16(2)26-14-30/h5-14,17H,1-4H3,(H,27,28)/t17-/m0/s1. The van der Waals surface area contributed by atoms with E-state index >= 15 is 0 Å². The zero-order valence-corrected chi connectivity index (χ0v) is 17.9. The number of ether oxygens (including phenoxy) is 1. The monoisotopic (exact) mass is 417 g/mol. The van der Waals surface area contributed by atoms with Crippen molar-refractivity contribution < 1.29 is 9.13 Å². The number of rotatable bonds is 6. The Labute approximate surface area is 180 Å². The Morgan fingerprint density at radius 1 is 1.03 bits per heavy atom. The van der Waals surface area contributed by atoms with Crippen LogP contribution >= 0.6 is 0 Å². The molecule has 0 aliphatic heterocycles. The SMILES string of the molecule is COc1cc(-c2nnc(N[C@@H](C)c3ccc(F)cc3)cc2C)ccc1-n1cnc(C)c1. The van der Waals surface area contributed by atoms with E-state index in [0.29, 0.717) is 5.82 Å². The number of aryl methyl sites for hydroxylation is 2. The van der Waals surface area contributed by atoms with Crippen molar-refractivity contribution in [3.8, 4) is 22.7 Å². The van der Waals surface area contributed by atoms with Gasteiger partial charge in [-0.05, 0) is 62.2 Å². The molecule has 2 heterocycles. The van der Waals surface area contributed by atoms with Crippen LogP contribution in [0.3, 0.4) is 0 Å². The van der Waals surface area contributed by atoms with E-state index in [1.807, 2.05) is 55.8 Å². The van der Waals surface area contributed by atoms with Crippen molar-refractivity contribution in [3.63, 3.8) is 0 Å². The van der Waals surface area contributed by atoms with Crippen molar-refractivity contribution in [3.05, 3.63) is 83.7 Å². The van der Waals surface area contributed by atoms with Gasteiger partial charge in [0, 0.05) is 11.8 Å². The van der Waals surface area contributed by atoms with Gasteiger partial charge in [0.15, 0.2) is 0 Å². The average Bonchev–Trinajstić information content (AvgIpc) is 3.20. The van der Waals surface area contributed by atoms with Crippen LogP contribution in [0.5, 0.6) is 5.75 Å². The van der Waals surface area contributed by atoms with Gasteiger partial charge in [0.05, 0.1) is 36.6 Å². The Bertz CT molecular complexity index is 1200. The Hall–Kier alpha value is -3.74. The van der Waals surface area contributed by atoms with E-state index in [2.05, 4.69) is 20.5 Å². The van der Waals surface area contributed by atoms with E-state index in [1.54, 1.807) is 25.6 Å². The quantitative estimate of drug-likeness (QED) is 0.463. The first kappa shape index (κ1) is 20.5. The average molecular weight is 417 g/mol. The number of nitrogens with one attached hydrogen (secondary N) is 1. The molecule has 7 heteroatoms. The van der Waals surface area contributed by atoms with E-state index in [4.69, 9.17) is 4.74 Å². The van der Waals surface area contributed by atoms with Crippen molar-refractivity contribution in [2.24, 2.45) is 0 Å². The van der Waals surface area contributed by atoms with Crippen LogP contribution in [0, 0.1) is 19.7 Å². The molecule has 0 aliphatic rings. The minimum atomic E-state index is -0.249.